The van der Waals surface area contributed by atoms with E-state index in [1.807, 2.05) is 4.90 Å². The Kier molecular flexibility index (Phi) is 4.60. The van der Waals surface area contributed by atoms with Crippen molar-refractivity contribution in [2.75, 3.05) is 22.9 Å². The first kappa shape index (κ1) is 17.8. The number of hydrogen-bond acceptors (Lipinski definition) is 5. The highest BCUT2D eigenvalue weighted by Crippen LogP contribution is 2.26. The molecule has 28 heavy (non-hydrogen) atoms. The lowest BCUT2D eigenvalue weighted by molar-refractivity contribution is -0.122. The highest BCUT2D eigenvalue weighted by atomic mass is 19.1. The van der Waals surface area contributed by atoms with Crippen molar-refractivity contribution >= 4 is 35.3 Å². The Morgan fingerprint density at radius 2 is 1.75 bits per heavy atom. The van der Waals surface area contributed by atoms with E-state index in [1.54, 1.807) is 12.1 Å². The monoisotopic (exact) mass is 380 g/mol. The Labute approximate surface area is 160 Å². The minimum Gasteiger partial charge on any atom is -0.369 e. The molecule has 1 aromatic carbocycles. The van der Waals surface area contributed by atoms with Crippen LogP contribution in [0.25, 0.3) is 6.08 Å². The lowest BCUT2D eigenvalue weighted by Crippen LogP contribution is -2.54. The average molecular weight is 380 g/mol. The zero-order valence-corrected chi connectivity index (χ0v) is 14.9. The fraction of sp³-hybridized carbons (Fsp3) is 0.200. The summed E-state index contributed by atoms with van der Waals surface area (Å²) in [5.41, 5.74) is 0.909. The Morgan fingerprint density at radius 1 is 1.04 bits per heavy atom. The van der Waals surface area contributed by atoms with E-state index in [4.69, 9.17) is 0 Å². The number of nitrogens with zero attached hydrogens (tertiary/aromatic N) is 3. The van der Waals surface area contributed by atoms with Crippen molar-refractivity contribution in [2.45, 2.75) is 12.8 Å². The van der Waals surface area contributed by atoms with Crippen molar-refractivity contribution in [1.82, 2.24) is 10.3 Å². The van der Waals surface area contributed by atoms with Gasteiger partial charge in [-0.25, -0.2) is 14.1 Å². The molecule has 1 N–H and O–H groups in total. The van der Waals surface area contributed by atoms with Crippen molar-refractivity contribution < 1.29 is 18.8 Å². The maximum Gasteiger partial charge on any atom is 0.335 e. The molecule has 142 valence electrons. The van der Waals surface area contributed by atoms with E-state index in [-0.39, 0.29) is 11.3 Å². The number of hydrogen-bond donors (Lipinski definition) is 1. The van der Waals surface area contributed by atoms with E-state index in [0.29, 0.717) is 11.3 Å². The minimum absolute atomic E-state index is 0.246. The van der Waals surface area contributed by atoms with Crippen molar-refractivity contribution in [2.24, 2.45) is 0 Å². The molecule has 0 aliphatic carbocycles. The van der Waals surface area contributed by atoms with Gasteiger partial charge in [-0.15, -0.1) is 0 Å². The first-order chi connectivity index (χ1) is 13.5. The zero-order chi connectivity index (χ0) is 19.7. The van der Waals surface area contributed by atoms with E-state index < -0.39 is 23.7 Å². The van der Waals surface area contributed by atoms with Crippen LogP contribution in [0, 0.1) is 5.82 Å². The van der Waals surface area contributed by atoms with Crippen LogP contribution in [0.1, 0.15) is 18.4 Å². The number of benzene rings is 1. The fourth-order valence-electron chi connectivity index (χ4n) is 3.38. The zero-order valence-electron chi connectivity index (χ0n) is 14.9. The molecule has 0 spiro atoms. The number of aromatic nitrogens is 1. The molecule has 2 aromatic rings. The number of urea groups is 1. The molecular weight excluding hydrogens is 363 g/mol. The van der Waals surface area contributed by atoms with Crippen LogP contribution in [0.2, 0.25) is 0 Å². The molecule has 4 amide bonds. The van der Waals surface area contributed by atoms with Crippen molar-refractivity contribution in [3.8, 4) is 0 Å². The predicted octanol–water partition coefficient (Wildman–Crippen LogP) is 2.49. The number of anilines is 2. The third-order valence-electron chi connectivity index (χ3n) is 4.75. The first-order valence-corrected chi connectivity index (χ1v) is 8.90. The molecule has 1 aromatic heterocycles. The molecule has 0 saturated carbocycles. The maximum absolute atomic E-state index is 14.5. The summed E-state index contributed by atoms with van der Waals surface area (Å²) in [5, 5.41) is 2.14. The second-order valence-electron chi connectivity index (χ2n) is 6.57. The molecule has 7 nitrogen and oxygen atoms in total. The van der Waals surface area contributed by atoms with Crippen LogP contribution in [0.15, 0.2) is 48.3 Å². The summed E-state index contributed by atoms with van der Waals surface area (Å²) in [7, 11) is 0. The topological polar surface area (TPSA) is 82.6 Å². The molecule has 2 fully saturated rings. The Morgan fingerprint density at radius 3 is 2.43 bits per heavy atom. The van der Waals surface area contributed by atoms with Crippen molar-refractivity contribution in [3.63, 3.8) is 0 Å². The van der Waals surface area contributed by atoms with E-state index in [2.05, 4.69) is 10.3 Å². The summed E-state index contributed by atoms with van der Waals surface area (Å²) in [6, 6.07) is 6.70. The molecule has 2 aliphatic heterocycles. The lowest BCUT2D eigenvalue weighted by atomic mass is 10.1. The Hall–Kier alpha value is -3.55. The SMILES string of the molecule is O=C1NC(=O)N(c2ccncc2)C(=O)/C1=C/c1ccc(N2CCCC2)c(F)c1. The molecule has 0 unspecified atom stereocenters. The standard InChI is InChI=1S/C20H17FN4O3/c21-16-12-13(3-4-17(16)24-9-1-2-10-24)11-15-18(26)23-20(28)25(19(15)27)14-5-7-22-8-6-14/h3-8,11-12H,1-2,9-10H2,(H,23,26,28)/b15-11+. The van der Waals surface area contributed by atoms with Gasteiger partial charge in [-0.05, 0) is 48.7 Å². The van der Waals surface area contributed by atoms with Crippen molar-refractivity contribution in [3.05, 3.63) is 59.7 Å². The van der Waals surface area contributed by atoms with Gasteiger partial charge < -0.3 is 4.90 Å². The average Bonchev–Trinajstić information content (AvgIpc) is 3.20. The maximum atomic E-state index is 14.5. The third-order valence-corrected chi connectivity index (χ3v) is 4.75. The van der Waals surface area contributed by atoms with E-state index in [1.165, 1.54) is 36.7 Å². The summed E-state index contributed by atoms with van der Waals surface area (Å²) in [5.74, 6) is -2.00. The minimum atomic E-state index is -0.839. The summed E-state index contributed by atoms with van der Waals surface area (Å²) in [4.78, 5) is 43.7. The summed E-state index contributed by atoms with van der Waals surface area (Å²) in [6.07, 6.45) is 6.21. The Bertz CT molecular complexity index is 984. The molecule has 3 heterocycles. The second-order valence-corrected chi connectivity index (χ2v) is 6.57. The van der Waals surface area contributed by atoms with E-state index >= 15 is 0 Å². The van der Waals surface area contributed by atoms with Gasteiger partial charge >= 0.3 is 6.03 Å². The highest BCUT2D eigenvalue weighted by Gasteiger charge is 2.36. The molecule has 2 aliphatic rings. The van der Waals surface area contributed by atoms with Crippen LogP contribution in [-0.4, -0.2) is 35.9 Å². The van der Waals surface area contributed by atoms with Gasteiger partial charge in [0.2, 0.25) is 0 Å². The van der Waals surface area contributed by atoms with Gasteiger partial charge in [-0.2, -0.15) is 0 Å². The molecule has 0 atom stereocenters. The molecular formula is C20H17FN4O3. The van der Waals surface area contributed by atoms with Gasteiger partial charge in [0, 0.05) is 25.5 Å². The van der Waals surface area contributed by atoms with E-state index in [9.17, 15) is 18.8 Å². The predicted molar refractivity (Wildman–Crippen MR) is 101 cm³/mol. The number of nitrogens with one attached hydrogen (secondary N) is 1. The number of carbonyl (C=O) groups is 3. The van der Waals surface area contributed by atoms with Crippen LogP contribution in [-0.2, 0) is 9.59 Å². The number of amides is 4. The molecule has 2 saturated heterocycles. The summed E-state index contributed by atoms with van der Waals surface area (Å²) >= 11 is 0. The largest absolute Gasteiger partial charge is 0.369 e. The fourth-order valence-corrected chi connectivity index (χ4v) is 3.38. The molecule has 8 heteroatoms. The highest BCUT2D eigenvalue weighted by molar-refractivity contribution is 6.39. The third kappa shape index (κ3) is 3.24. The number of carbonyl (C=O) groups excluding carboxylic acids is 3. The van der Waals surface area contributed by atoms with Gasteiger partial charge in [0.05, 0.1) is 11.4 Å². The van der Waals surface area contributed by atoms with Crippen LogP contribution in [0.4, 0.5) is 20.6 Å². The van der Waals surface area contributed by atoms with Crippen LogP contribution < -0.4 is 15.1 Å². The number of rotatable bonds is 3. The number of imide groups is 2. The summed E-state index contributed by atoms with van der Waals surface area (Å²) in [6.45, 7) is 1.61. The quantitative estimate of drug-likeness (QED) is 0.653. The molecule has 0 bridgehead atoms. The van der Waals surface area contributed by atoms with Crippen molar-refractivity contribution in [1.29, 1.82) is 0 Å². The van der Waals surface area contributed by atoms with Gasteiger partial charge in [0.1, 0.15) is 11.4 Å². The van der Waals surface area contributed by atoms with Crippen LogP contribution in [0.3, 0.4) is 0 Å². The second kappa shape index (κ2) is 7.22. The van der Waals surface area contributed by atoms with Crippen LogP contribution in [0.5, 0.6) is 0 Å². The van der Waals surface area contributed by atoms with Gasteiger partial charge in [0.25, 0.3) is 11.8 Å². The van der Waals surface area contributed by atoms with E-state index in [0.717, 1.165) is 30.8 Å². The smallest absolute Gasteiger partial charge is 0.335 e. The number of halogens is 1. The Balaban J connectivity index is 1.66. The molecule has 4 rings (SSSR count). The summed E-state index contributed by atoms with van der Waals surface area (Å²) < 4.78 is 14.5. The number of pyridine rings is 1. The molecule has 0 radical (unpaired) electrons. The number of barbiturate groups is 1. The van der Waals surface area contributed by atoms with Gasteiger partial charge in [-0.1, -0.05) is 6.07 Å². The first-order valence-electron chi connectivity index (χ1n) is 8.90. The van der Waals surface area contributed by atoms with Gasteiger partial charge in [0.15, 0.2) is 0 Å². The van der Waals surface area contributed by atoms with Gasteiger partial charge in [-0.3, -0.25) is 19.9 Å². The normalized spacial score (nSPS) is 18.8. The van der Waals surface area contributed by atoms with Crippen LogP contribution >= 0.6 is 0 Å². The lowest BCUT2D eigenvalue weighted by Gasteiger charge is -2.26.